The molecule has 1 N–H and O–H groups in total. The van der Waals surface area contributed by atoms with Crippen LogP contribution in [0.15, 0.2) is 18.2 Å². The number of ether oxygens (including phenoxy) is 1. The first kappa shape index (κ1) is 19.4. The van der Waals surface area contributed by atoms with Gasteiger partial charge in [0.05, 0.1) is 5.69 Å². The number of piperidine rings is 1. The van der Waals surface area contributed by atoms with Gasteiger partial charge < -0.3 is 14.7 Å². The first-order valence-electron chi connectivity index (χ1n) is 9.45. The van der Waals surface area contributed by atoms with Crippen LogP contribution in [0.5, 0.6) is 5.75 Å². The van der Waals surface area contributed by atoms with E-state index < -0.39 is 6.10 Å². The highest BCUT2D eigenvalue weighted by Gasteiger charge is 2.35. The number of aliphatic hydroxyl groups excluding tert-OH is 1. The molecule has 2 atom stereocenters. The fourth-order valence-corrected chi connectivity index (χ4v) is 3.79. The van der Waals surface area contributed by atoms with Crippen LogP contribution in [0, 0.1) is 0 Å². The monoisotopic (exact) mass is 374 g/mol. The molecule has 0 saturated carbocycles. The van der Waals surface area contributed by atoms with E-state index in [0.29, 0.717) is 30.0 Å². The predicted octanol–water partition coefficient (Wildman–Crippen LogP) is 1.77. The van der Waals surface area contributed by atoms with E-state index in [4.69, 9.17) is 4.74 Å². The summed E-state index contributed by atoms with van der Waals surface area (Å²) in [7, 11) is 0. The number of hydrogen-bond donors (Lipinski definition) is 1. The molecule has 2 aliphatic rings. The van der Waals surface area contributed by atoms with Crippen LogP contribution in [-0.4, -0.2) is 59.4 Å². The predicted molar refractivity (Wildman–Crippen MR) is 99.9 cm³/mol. The molecule has 7 heteroatoms. The highest BCUT2D eigenvalue weighted by molar-refractivity contribution is 6.05. The van der Waals surface area contributed by atoms with Gasteiger partial charge in [-0.25, -0.2) is 0 Å². The van der Waals surface area contributed by atoms with Gasteiger partial charge in [0, 0.05) is 24.8 Å². The molecule has 1 aromatic carbocycles. The van der Waals surface area contributed by atoms with Gasteiger partial charge >= 0.3 is 0 Å². The number of Topliss-reactive ketones (excluding diaryl/α,β-unsaturated/α-hetero) is 1. The number of benzene rings is 1. The molecule has 3 rings (SSSR count). The number of rotatable bonds is 5. The highest BCUT2D eigenvalue weighted by Crippen LogP contribution is 2.35. The molecule has 2 unspecified atom stereocenters. The van der Waals surface area contributed by atoms with Crippen molar-refractivity contribution in [2.75, 3.05) is 24.6 Å². The number of anilines is 1. The van der Waals surface area contributed by atoms with Gasteiger partial charge in [-0.3, -0.25) is 19.3 Å². The Morgan fingerprint density at radius 2 is 2.07 bits per heavy atom. The molecule has 2 heterocycles. The van der Waals surface area contributed by atoms with Gasteiger partial charge in [-0.2, -0.15) is 0 Å². The van der Waals surface area contributed by atoms with Crippen molar-refractivity contribution in [1.29, 1.82) is 0 Å². The summed E-state index contributed by atoms with van der Waals surface area (Å²) in [4.78, 5) is 40.6. The zero-order valence-electron chi connectivity index (χ0n) is 15.8. The second kappa shape index (κ2) is 8.08. The van der Waals surface area contributed by atoms with E-state index in [0.717, 1.165) is 19.3 Å². The van der Waals surface area contributed by atoms with Crippen LogP contribution < -0.4 is 9.64 Å². The van der Waals surface area contributed by atoms with Crippen LogP contribution in [0.1, 0.15) is 49.9 Å². The molecule has 2 amide bonds. The number of carbonyl (C=O) groups excluding carboxylic acids is 3. The van der Waals surface area contributed by atoms with E-state index in [-0.39, 0.29) is 36.8 Å². The molecule has 7 nitrogen and oxygen atoms in total. The molecule has 0 aliphatic carbocycles. The van der Waals surface area contributed by atoms with Crippen LogP contribution in [0.2, 0.25) is 0 Å². The van der Waals surface area contributed by atoms with E-state index in [2.05, 4.69) is 0 Å². The van der Waals surface area contributed by atoms with Crippen molar-refractivity contribution in [3.05, 3.63) is 23.8 Å². The Morgan fingerprint density at radius 1 is 1.30 bits per heavy atom. The van der Waals surface area contributed by atoms with Crippen molar-refractivity contribution in [3.63, 3.8) is 0 Å². The molecule has 27 heavy (non-hydrogen) atoms. The Balaban J connectivity index is 1.86. The van der Waals surface area contributed by atoms with E-state index in [1.54, 1.807) is 30.0 Å². The molecule has 0 radical (unpaired) electrons. The average Bonchev–Trinajstić information content (AvgIpc) is 2.65. The summed E-state index contributed by atoms with van der Waals surface area (Å²) in [5.41, 5.74) is 0.920. The Kier molecular flexibility index (Phi) is 5.79. The van der Waals surface area contributed by atoms with Gasteiger partial charge in [-0.15, -0.1) is 0 Å². The number of hydrogen-bond acceptors (Lipinski definition) is 5. The lowest BCUT2D eigenvalue weighted by molar-refractivity contribution is -0.136. The summed E-state index contributed by atoms with van der Waals surface area (Å²) < 4.78 is 5.64. The molecule has 0 aromatic heterocycles. The fraction of sp³-hybridized carbons (Fsp3) is 0.550. The zero-order valence-corrected chi connectivity index (χ0v) is 15.8. The number of likely N-dealkylation sites (tertiary alicyclic amines) is 1. The summed E-state index contributed by atoms with van der Waals surface area (Å²) in [5.74, 6) is -0.0679. The largest absolute Gasteiger partial charge is 0.479 e. The van der Waals surface area contributed by atoms with Crippen molar-refractivity contribution >= 4 is 23.3 Å². The standard InChI is InChI=1S/C20H26N2O5/c1-13(24)15-6-7-18-17(11-15)22(20(26)14(2)27-18)12-19(25)21-9-4-3-5-16(21)8-10-23/h6-7,11,14,16,23H,3-5,8-10,12H2,1-2H3. The minimum Gasteiger partial charge on any atom is -0.479 e. The first-order valence-corrected chi connectivity index (χ1v) is 9.45. The SMILES string of the molecule is CC(=O)c1ccc2c(c1)N(CC(=O)N1CCCCC1CCO)C(=O)C(C)O2. The molecule has 146 valence electrons. The van der Waals surface area contributed by atoms with E-state index >= 15 is 0 Å². The van der Waals surface area contributed by atoms with Crippen molar-refractivity contribution in [3.8, 4) is 5.75 Å². The fourth-order valence-electron chi connectivity index (χ4n) is 3.79. The van der Waals surface area contributed by atoms with Crippen molar-refractivity contribution < 1.29 is 24.2 Å². The molecular formula is C20H26N2O5. The van der Waals surface area contributed by atoms with Gasteiger partial charge in [0.1, 0.15) is 12.3 Å². The van der Waals surface area contributed by atoms with E-state index in [1.165, 1.54) is 11.8 Å². The number of fused-ring (bicyclic) bond motifs is 1. The number of aliphatic hydroxyl groups is 1. The van der Waals surface area contributed by atoms with Crippen LogP contribution in [0.4, 0.5) is 5.69 Å². The van der Waals surface area contributed by atoms with Gasteiger partial charge in [0.2, 0.25) is 5.91 Å². The number of ketones is 1. The number of carbonyl (C=O) groups is 3. The third-order valence-corrected chi connectivity index (χ3v) is 5.28. The summed E-state index contributed by atoms with van der Waals surface area (Å²) in [6, 6.07) is 4.94. The van der Waals surface area contributed by atoms with Crippen molar-refractivity contribution in [2.24, 2.45) is 0 Å². The minimum atomic E-state index is -0.692. The first-order chi connectivity index (χ1) is 12.9. The summed E-state index contributed by atoms with van der Waals surface area (Å²) in [6.07, 6.45) is 2.68. The molecule has 1 aromatic rings. The molecular weight excluding hydrogens is 348 g/mol. The lowest BCUT2D eigenvalue weighted by Gasteiger charge is -2.38. The third kappa shape index (κ3) is 3.98. The minimum absolute atomic E-state index is 0.00726. The van der Waals surface area contributed by atoms with E-state index in [9.17, 15) is 19.5 Å². The summed E-state index contributed by atoms with van der Waals surface area (Å²) in [6.45, 7) is 3.68. The van der Waals surface area contributed by atoms with Crippen LogP contribution in [0.25, 0.3) is 0 Å². The Morgan fingerprint density at radius 3 is 2.78 bits per heavy atom. The smallest absolute Gasteiger partial charge is 0.268 e. The quantitative estimate of drug-likeness (QED) is 0.794. The van der Waals surface area contributed by atoms with E-state index in [1.807, 2.05) is 0 Å². The maximum Gasteiger partial charge on any atom is 0.268 e. The number of nitrogens with zero attached hydrogens (tertiary/aromatic N) is 2. The van der Waals surface area contributed by atoms with Gasteiger partial charge in [0.15, 0.2) is 11.9 Å². The van der Waals surface area contributed by atoms with Crippen LogP contribution in [0.3, 0.4) is 0 Å². The highest BCUT2D eigenvalue weighted by atomic mass is 16.5. The Hall–Kier alpha value is -2.41. The van der Waals surface area contributed by atoms with Crippen LogP contribution in [-0.2, 0) is 9.59 Å². The second-order valence-corrected chi connectivity index (χ2v) is 7.17. The Labute approximate surface area is 158 Å². The maximum absolute atomic E-state index is 13.0. The zero-order chi connectivity index (χ0) is 19.6. The molecule has 1 fully saturated rings. The van der Waals surface area contributed by atoms with Crippen LogP contribution >= 0.6 is 0 Å². The Bertz CT molecular complexity index is 746. The maximum atomic E-state index is 13.0. The van der Waals surface area contributed by atoms with Crippen molar-refractivity contribution in [1.82, 2.24) is 4.90 Å². The van der Waals surface area contributed by atoms with Gasteiger partial charge in [-0.1, -0.05) is 0 Å². The number of amides is 2. The second-order valence-electron chi connectivity index (χ2n) is 7.17. The molecule has 0 bridgehead atoms. The average molecular weight is 374 g/mol. The van der Waals surface area contributed by atoms with Crippen molar-refractivity contribution in [2.45, 2.75) is 51.7 Å². The van der Waals surface area contributed by atoms with Gasteiger partial charge in [0.25, 0.3) is 5.91 Å². The topological polar surface area (TPSA) is 87.2 Å². The lowest BCUT2D eigenvalue weighted by atomic mass is 9.99. The van der Waals surface area contributed by atoms with Gasteiger partial charge in [-0.05, 0) is 57.7 Å². The molecule has 0 spiro atoms. The lowest BCUT2D eigenvalue weighted by Crippen LogP contribution is -2.52. The third-order valence-electron chi connectivity index (χ3n) is 5.28. The molecule has 1 saturated heterocycles. The molecule has 2 aliphatic heterocycles. The normalized spacial score (nSPS) is 22.3. The summed E-state index contributed by atoms with van der Waals surface area (Å²) >= 11 is 0. The summed E-state index contributed by atoms with van der Waals surface area (Å²) in [5, 5.41) is 9.28.